The molecule has 1 unspecified atom stereocenters. The molecule has 0 fully saturated rings. The van der Waals surface area contributed by atoms with Gasteiger partial charge in [-0.2, -0.15) is 0 Å². The molecule has 1 amide bonds. The maximum absolute atomic E-state index is 12.9. The highest BCUT2D eigenvalue weighted by Crippen LogP contribution is 2.39. The predicted octanol–water partition coefficient (Wildman–Crippen LogP) is 5.88. The molecule has 0 saturated carbocycles. The van der Waals surface area contributed by atoms with E-state index in [0.717, 1.165) is 26.4 Å². The van der Waals surface area contributed by atoms with Crippen LogP contribution in [0.25, 0.3) is 21.3 Å². The van der Waals surface area contributed by atoms with Gasteiger partial charge in [-0.05, 0) is 55.7 Å². The number of thioether (sulfide) groups is 1. The van der Waals surface area contributed by atoms with Crippen molar-refractivity contribution in [2.24, 2.45) is 0 Å². The second kappa shape index (κ2) is 9.72. The number of aryl methyl sites for hydroxylation is 2. The fourth-order valence-corrected chi connectivity index (χ4v) is 5.28. The van der Waals surface area contributed by atoms with Gasteiger partial charge in [-0.1, -0.05) is 36.0 Å². The quantitative estimate of drug-likeness (QED) is 0.212. The van der Waals surface area contributed by atoms with Crippen LogP contribution in [0.15, 0.2) is 59.2 Å². The zero-order valence-electron chi connectivity index (χ0n) is 18.7. The van der Waals surface area contributed by atoms with Crippen molar-refractivity contribution in [1.29, 1.82) is 0 Å². The largest absolute Gasteiger partial charge is 0.465 e. The smallest absolute Gasteiger partial charge is 0.337 e. The molecule has 0 bridgehead atoms. The molecule has 6 nitrogen and oxygen atoms in total. The number of thiophene rings is 1. The Kier molecular flexibility index (Phi) is 6.76. The summed E-state index contributed by atoms with van der Waals surface area (Å²) >= 11 is 2.96. The van der Waals surface area contributed by atoms with Gasteiger partial charge in [0.05, 0.1) is 23.3 Å². The number of amides is 1. The summed E-state index contributed by atoms with van der Waals surface area (Å²) in [6.07, 6.45) is 1.54. The van der Waals surface area contributed by atoms with Crippen LogP contribution in [-0.2, 0) is 9.53 Å². The number of esters is 1. The first kappa shape index (κ1) is 22.9. The second-order valence-corrected chi connectivity index (χ2v) is 9.82. The Hall–Kier alpha value is -3.23. The number of nitrogens with one attached hydrogen (secondary N) is 1. The summed E-state index contributed by atoms with van der Waals surface area (Å²) in [4.78, 5) is 34.5. The van der Waals surface area contributed by atoms with Crippen LogP contribution in [0.5, 0.6) is 0 Å². The van der Waals surface area contributed by atoms with Crippen LogP contribution < -0.4 is 5.32 Å². The van der Waals surface area contributed by atoms with E-state index in [1.807, 2.05) is 6.92 Å². The minimum atomic E-state index is -0.451. The summed E-state index contributed by atoms with van der Waals surface area (Å²) in [5.74, 6) is -0.634. The van der Waals surface area contributed by atoms with E-state index in [1.165, 1.54) is 36.3 Å². The van der Waals surface area contributed by atoms with Crippen LogP contribution in [-0.4, -0.2) is 34.2 Å². The van der Waals surface area contributed by atoms with Gasteiger partial charge in [0.1, 0.15) is 16.2 Å². The molecule has 168 valence electrons. The fourth-order valence-electron chi connectivity index (χ4n) is 3.37. The molecule has 33 heavy (non-hydrogen) atoms. The van der Waals surface area contributed by atoms with Crippen molar-refractivity contribution in [3.05, 3.63) is 70.9 Å². The highest BCUT2D eigenvalue weighted by molar-refractivity contribution is 8.00. The number of benzene rings is 2. The van der Waals surface area contributed by atoms with Gasteiger partial charge in [0.2, 0.25) is 5.91 Å². The van der Waals surface area contributed by atoms with Crippen molar-refractivity contribution in [3.8, 4) is 11.1 Å². The first-order valence-corrected chi connectivity index (χ1v) is 12.1. The summed E-state index contributed by atoms with van der Waals surface area (Å²) in [6.45, 7) is 6.03. The molecule has 0 aliphatic carbocycles. The van der Waals surface area contributed by atoms with E-state index in [1.54, 1.807) is 35.6 Å². The number of nitrogens with zero attached hydrogens (tertiary/aromatic N) is 2. The molecule has 0 aliphatic heterocycles. The number of aromatic nitrogens is 2. The Labute approximate surface area is 200 Å². The van der Waals surface area contributed by atoms with Gasteiger partial charge < -0.3 is 10.1 Å². The number of hydrogen-bond acceptors (Lipinski definition) is 7. The molecule has 4 aromatic rings. The van der Waals surface area contributed by atoms with Crippen molar-refractivity contribution in [3.63, 3.8) is 0 Å². The van der Waals surface area contributed by atoms with E-state index in [0.29, 0.717) is 11.3 Å². The molecule has 2 aromatic heterocycles. The second-order valence-electron chi connectivity index (χ2n) is 7.63. The van der Waals surface area contributed by atoms with Crippen molar-refractivity contribution in [1.82, 2.24) is 9.97 Å². The monoisotopic (exact) mass is 477 g/mol. The Morgan fingerprint density at radius 3 is 2.67 bits per heavy atom. The molecule has 0 spiro atoms. The summed E-state index contributed by atoms with van der Waals surface area (Å²) < 4.78 is 4.75. The standard InChI is InChI=1S/C25H23N3O3S2/c1-14-8-9-17(10-15(14)2)20-12-32-23-21(20)24(27-13-26-23)33-16(3)22(29)28-19-7-5-6-18(11-19)25(30)31-4/h5-13,16H,1-4H3,(H,28,29). The molecule has 1 N–H and O–H groups in total. The highest BCUT2D eigenvalue weighted by atomic mass is 32.2. The molecule has 1 atom stereocenters. The van der Waals surface area contributed by atoms with E-state index in [2.05, 4.69) is 52.7 Å². The molecule has 2 aromatic carbocycles. The van der Waals surface area contributed by atoms with Crippen molar-refractivity contribution >= 4 is 50.9 Å². The highest BCUT2D eigenvalue weighted by Gasteiger charge is 2.20. The summed E-state index contributed by atoms with van der Waals surface area (Å²) in [5.41, 5.74) is 5.56. The van der Waals surface area contributed by atoms with Crippen LogP contribution in [0.1, 0.15) is 28.4 Å². The number of anilines is 1. The van der Waals surface area contributed by atoms with Gasteiger partial charge in [-0.15, -0.1) is 11.3 Å². The molecule has 0 aliphatic rings. The molecule has 4 rings (SSSR count). The minimum Gasteiger partial charge on any atom is -0.465 e. The van der Waals surface area contributed by atoms with Crippen LogP contribution in [0.3, 0.4) is 0 Å². The molecule has 0 radical (unpaired) electrons. The van der Waals surface area contributed by atoms with E-state index in [4.69, 9.17) is 4.74 Å². The molecule has 0 saturated heterocycles. The van der Waals surface area contributed by atoms with Gasteiger partial charge in [-0.25, -0.2) is 14.8 Å². The number of carbonyl (C=O) groups excluding carboxylic acids is 2. The van der Waals surface area contributed by atoms with Gasteiger partial charge >= 0.3 is 5.97 Å². The Morgan fingerprint density at radius 1 is 1.09 bits per heavy atom. The van der Waals surface area contributed by atoms with E-state index < -0.39 is 11.2 Å². The van der Waals surface area contributed by atoms with Crippen LogP contribution in [0, 0.1) is 13.8 Å². The molecular formula is C25H23N3O3S2. The number of fused-ring (bicyclic) bond motifs is 1. The van der Waals surface area contributed by atoms with Crippen molar-refractivity contribution < 1.29 is 14.3 Å². The SMILES string of the molecule is COC(=O)c1cccc(NC(=O)C(C)Sc2ncnc3scc(-c4ccc(C)c(C)c4)c23)c1. The molecule has 2 heterocycles. The first-order valence-electron chi connectivity index (χ1n) is 10.3. The van der Waals surface area contributed by atoms with Gasteiger partial charge in [0.15, 0.2) is 0 Å². The van der Waals surface area contributed by atoms with Crippen molar-refractivity contribution in [2.75, 3.05) is 12.4 Å². The molecular weight excluding hydrogens is 454 g/mol. The average molecular weight is 478 g/mol. The Morgan fingerprint density at radius 2 is 1.91 bits per heavy atom. The third-order valence-electron chi connectivity index (χ3n) is 5.36. The van der Waals surface area contributed by atoms with Gasteiger partial charge in [-0.3, -0.25) is 4.79 Å². The number of methoxy groups -OCH3 is 1. The maximum atomic E-state index is 12.9. The maximum Gasteiger partial charge on any atom is 0.337 e. The zero-order valence-corrected chi connectivity index (χ0v) is 20.3. The lowest BCUT2D eigenvalue weighted by atomic mass is 10.0. The zero-order chi connectivity index (χ0) is 23.5. The number of ether oxygens (including phenoxy) is 1. The third-order valence-corrected chi connectivity index (χ3v) is 7.35. The van der Waals surface area contributed by atoms with E-state index >= 15 is 0 Å². The average Bonchev–Trinajstić information content (AvgIpc) is 3.25. The van der Waals surface area contributed by atoms with Gasteiger partial charge in [0.25, 0.3) is 0 Å². The Bertz CT molecular complexity index is 1350. The van der Waals surface area contributed by atoms with Crippen LogP contribution in [0.2, 0.25) is 0 Å². The van der Waals surface area contributed by atoms with Crippen molar-refractivity contribution in [2.45, 2.75) is 31.0 Å². The number of rotatable bonds is 6. The number of hydrogen-bond donors (Lipinski definition) is 1. The lowest BCUT2D eigenvalue weighted by Crippen LogP contribution is -2.22. The van der Waals surface area contributed by atoms with E-state index in [-0.39, 0.29) is 5.91 Å². The van der Waals surface area contributed by atoms with Gasteiger partial charge in [0, 0.05) is 16.6 Å². The van der Waals surface area contributed by atoms with Crippen LogP contribution >= 0.6 is 23.1 Å². The topological polar surface area (TPSA) is 81.2 Å². The lowest BCUT2D eigenvalue weighted by molar-refractivity contribution is -0.115. The lowest BCUT2D eigenvalue weighted by Gasteiger charge is -2.13. The normalized spacial score (nSPS) is 11.9. The number of carbonyl (C=O) groups is 2. The van der Waals surface area contributed by atoms with E-state index in [9.17, 15) is 9.59 Å². The minimum absolute atomic E-state index is 0.184. The fraction of sp³-hybridized carbons (Fsp3) is 0.200. The third kappa shape index (κ3) is 4.91. The summed E-state index contributed by atoms with van der Waals surface area (Å²) in [6, 6.07) is 13.1. The first-order chi connectivity index (χ1) is 15.9. The molecule has 8 heteroatoms. The Balaban J connectivity index is 1.58. The summed E-state index contributed by atoms with van der Waals surface area (Å²) in [5, 5.41) is 6.28. The predicted molar refractivity (Wildman–Crippen MR) is 134 cm³/mol. The summed E-state index contributed by atoms with van der Waals surface area (Å²) in [7, 11) is 1.32. The van der Waals surface area contributed by atoms with Crippen LogP contribution in [0.4, 0.5) is 5.69 Å².